The van der Waals surface area contributed by atoms with Gasteiger partial charge in [-0.25, -0.2) is 9.83 Å². The summed E-state index contributed by atoms with van der Waals surface area (Å²) in [4.78, 5) is 13.8. The number of pyridine rings is 2. The largest absolute Gasteiger partial charge is 0.354 e. The highest BCUT2D eigenvalue weighted by Gasteiger charge is 2.27. The van der Waals surface area contributed by atoms with E-state index in [0.29, 0.717) is 37.7 Å². The molecule has 1 saturated heterocycles. The maximum atomic E-state index is 12.6. The van der Waals surface area contributed by atoms with E-state index in [-0.39, 0.29) is 0 Å². The standard InChI is InChI=1S/C17H20N6O2S/c1-13-10-14(2)20-16(11-13)21-26(24,25)23-8-6-22(7-9-23)17-5-4-15(18-3)12-19-17/h4-5,10-12H,6-9H2,1-2H3,(H,20,21). The van der Waals surface area contributed by atoms with Gasteiger partial charge in [-0.1, -0.05) is 6.07 Å². The lowest BCUT2D eigenvalue weighted by Gasteiger charge is -2.34. The molecule has 0 amide bonds. The van der Waals surface area contributed by atoms with Crippen molar-refractivity contribution in [3.8, 4) is 0 Å². The van der Waals surface area contributed by atoms with Crippen LogP contribution < -0.4 is 9.62 Å². The van der Waals surface area contributed by atoms with Gasteiger partial charge >= 0.3 is 10.2 Å². The van der Waals surface area contributed by atoms with E-state index in [9.17, 15) is 8.42 Å². The van der Waals surface area contributed by atoms with Crippen molar-refractivity contribution in [2.45, 2.75) is 13.8 Å². The highest BCUT2D eigenvalue weighted by molar-refractivity contribution is 7.90. The molecule has 26 heavy (non-hydrogen) atoms. The number of nitrogens with zero attached hydrogens (tertiary/aromatic N) is 5. The summed E-state index contributed by atoms with van der Waals surface area (Å²) in [6.07, 6.45) is 1.53. The van der Waals surface area contributed by atoms with Gasteiger partial charge in [-0.2, -0.15) is 12.7 Å². The first-order chi connectivity index (χ1) is 12.4. The lowest BCUT2D eigenvalue weighted by molar-refractivity contribution is 0.386. The van der Waals surface area contributed by atoms with Gasteiger partial charge in [0.1, 0.15) is 11.6 Å². The predicted octanol–water partition coefficient (Wildman–Crippen LogP) is 2.12. The summed E-state index contributed by atoms with van der Waals surface area (Å²) in [6.45, 7) is 12.5. The summed E-state index contributed by atoms with van der Waals surface area (Å²) in [5.41, 5.74) is 2.20. The molecule has 9 heteroatoms. The van der Waals surface area contributed by atoms with Crippen LogP contribution in [0.4, 0.5) is 17.3 Å². The molecule has 1 aliphatic heterocycles. The second-order valence-corrected chi connectivity index (χ2v) is 7.82. The fraction of sp³-hybridized carbons (Fsp3) is 0.353. The van der Waals surface area contributed by atoms with Crippen LogP contribution in [0.1, 0.15) is 11.3 Å². The topological polar surface area (TPSA) is 82.8 Å². The first kappa shape index (κ1) is 18.1. The number of anilines is 2. The zero-order chi connectivity index (χ0) is 18.7. The van der Waals surface area contributed by atoms with Crippen molar-refractivity contribution in [1.82, 2.24) is 14.3 Å². The van der Waals surface area contributed by atoms with Gasteiger partial charge in [0.05, 0.1) is 6.57 Å². The summed E-state index contributed by atoms with van der Waals surface area (Å²) < 4.78 is 29.2. The Morgan fingerprint density at radius 3 is 2.46 bits per heavy atom. The Kier molecular flexibility index (Phi) is 5.06. The van der Waals surface area contributed by atoms with E-state index in [1.165, 1.54) is 10.5 Å². The normalized spacial score (nSPS) is 15.5. The smallest absolute Gasteiger partial charge is 0.302 e. The molecule has 1 fully saturated rings. The zero-order valence-corrected chi connectivity index (χ0v) is 15.5. The van der Waals surface area contributed by atoms with Gasteiger partial charge in [-0.15, -0.1) is 0 Å². The molecule has 136 valence electrons. The minimum Gasteiger partial charge on any atom is -0.354 e. The van der Waals surface area contributed by atoms with E-state index in [0.717, 1.165) is 17.1 Å². The highest BCUT2D eigenvalue weighted by atomic mass is 32.2. The molecule has 2 aromatic heterocycles. The molecule has 0 radical (unpaired) electrons. The monoisotopic (exact) mass is 372 g/mol. The molecular weight excluding hydrogens is 352 g/mol. The number of rotatable bonds is 4. The van der Waals surface area contributed by atoms with E-state index in [2.05, 4.69) is 19.5 Å². The van der Waals surface area contributed by atoms with Crippen LogP contribution in [0.5, 0.6) is 0 Å². The van der Waals surface area contributed by atoms with Crippen molar-refractivity contribution in [1.29, 1.82) is 0 Å². The van der Waals surface area contributed by atoms with Gasteiger partial charge in [-0.05, 0) is 37.6 Å². The molecule has 8 nitrogen and oxygen atoms in total. The van der Waals surface area contributed by atoms with Crippen molar-refractivity contribution in [2.75, 3.05) is 35.8 Å². The average Bonchev–Trinajstić information content (AvgIpc) is 2.60. The molecule has 0 unspecified atom stereocenters. The van der Waals surface area contributed by atoms with E-state index in [4.69, 9.17) is 6.57 Å². The Morgan fingerprint density at radius 1 is 1.15 bits per heavy atom. The quantitative estimate of drug-likeness (QED) is 0.832. The Balaban J connectivity index is 1.65. The van der Waals surface area contributed by atoms with Crippen LogP contribution >= 0.6 is 0 Å². The molecule has 0 atom stereocenters. The summed E-state index contributed by atoms with van der Waals surface area (Å²) >= 11 is 0. The number of aryl methyl sites for hydroxylation is 2. The van der Waals surface area contributed by atoms with Crippen molar-refractivity contribution in [2.24, 2.45) is 0 Å². The minimum atomic E-state index is -3.65. The SMILES string of the molecule is [C-]#[N+]c1ccc(N2CCN(S(=O)(=O)Nc3cc(C)cc(C)n3)CC2)nc1. The summed E-state index contributed by atoms with van der Waals surface area (Å²) in [5.74, 6) is 1.08. The van der Waals surface area contributed by atoms with Crippen LogP contribution in [0.25, 0.3) is 4.85 Å². The number of aromatic nitrogens is 2. The number of hydrogen-bond donors (Lipinski definition) is 1. The van der Waals surface area contributed by atoms with E-state index in [1.807, 2.05) is 24.8 Å². The molecule has 2 aromatic rings. The Morgan fingerprint density at radius 2 is 1.88 bits per heavy atom. The van der Waals surface area contributed by atoms with E-state index < -0.39 is 10.2 Å². The lowest BCUT2D eigenvalue weighted by atomic mass is 10.2. The van der Waals surface area contributed by atoms with Crippen molar-refractivity contribution in [3.63, 3.8) is 0 Å². The molecule has 0 saturated carbocycles. The molecule has 0 aromatic carbocycles. The molecule has 1 N–H and O–H groups in total. The highest BCUT2D eigenvalue weighted by Crippen LogP contribution is 2.19. The van der Waals surface area contributed by atoms with Gasteiger partial charge in [0.15, 0.2) is 0 Å². The van der Waals surface area contributed by atoms with Crippen molar-refractivity contribution >= 4 is 27.5 Å². The first-order valence-electron chi connectivity index (χ1n) is 8.19. The van der Waals surface area contributed by atoms with Crippen molar-refractivity contribution in [3.05, 3.63) is 53.1 Å². The van der Waals surface area contributed by atoms with Crippen LogP contribution in [-0.4, -0.2) is 48.9 Å². The number of nitrogens with one attached hydrogen (secondary N) is 1. The summed E-state index contributed by atoms with van der Waals surface area (Å²) in [7, 11) is -3.65. The van der Waals surface area contributed by atoms with Crippen LogP contribution in [0, 0.1) is 20.4 Å². The Hall–Kier alpha value is -2.70. The fourth-order valence-corrected chi connectivity index (χ4v) is 4.02. The van der Waals surface area contributed by atoms with Gasteiger partial charge in [0.25, 0.3) is 0 Å². The molecule has 1 aliphatic rings. The van der Waals surface area contributed by atoms with Crippen molar-refractivity contribution < 1.29 is 8.42 Å². The molecule has 0 aliphatic carbocycles. The molecule has 3 heterocycles. The first-order valence-corrected chi connectivity index (χ1v) is 9.63. The molecule has 0 bridgehead atoms. The van der Waals surface area contributed by atoms with Crippen LogP contribution in [0.15, 0.2) is 30.5 Å². The third kappa shape index (κ3) is 4.09. The second kappa shape index (κ2) is 7.27. The van der Waals surface area contributed by atoms with Gasteiger partial charge in [0.2, 0.25) is 5.69 Å². The van der Waals surface area contributed by atoms with Crippen LogP contribution in [-0.2, 0) is 10.2 Å². The Bertz CT molecular complexity index is 908. The average molecular weight is 372 g/mol. The van der Waals surface area contributed by atoms with Gasteiger partial charge in [-0.3, -0.25) is 9.71 Å². The maximum absolute atomic E-state index is 12.6. The maximum Gasteiger partial charge on any atom is 0.302 e. The second-order valence-electron chi connectivity index (χ2n) is 6.15. The minimum absolute atomic E-state index is 0.335. The third-order valence-corrected chi connectivity index (χ3v) is 5.61. The van der Waals surface area contributed by atoms with Crippen LogP contribution in [0.3, 0.4) is 0 Å². The number of piperazine rings is 1. The van der Waals surface area contributed by atoms with Crippen LogP contribution in [0.2, 0.25) is 0 Å². The van der Waals surface area contributed by atoms with Gasteiger partial charge < -0.3 is 4.90 Å². The fourth-order valence-electron chi connectivity index (χ4n) is 2.88. The Labute approximate surface area is 153 Å². The third-order valence-electron chi connectivity index (χ3n) is 4.10. The number of hydrogen-bond acceptors (Lipinski definition) is 5. The lowest BCUT2D eigenvalue weighted by Crippen LogP contribution is -2.50. The van der Waals surface area contributed by atoms with Gasteiger partial charge in [0, 0.05) is 38.1 Å². The summed E-state index contributed by atoms with van der Waals surface area (Å²) in [5, 5.41) is 0. The summed E-state index contributed by atoms with van der Waals surface area (Å²) in [6, 6.07) is 7.10. The van der Waals surface area contributed by atoms with E-state index in [1.54, 1.807) is 18.2 Å². The zero-order valence-electron chi connectivity index (χ0n) is 14.7. The molecule has 3 rings (SSSR count). The van der Waals surface area contributed by atoms with E-state index >= 15 is 0 Å². The predicted molar refractivity (Wildman–Crippen MR) is 101 cm³/mol. The molecular formula is C17H20N6O2S. The molecule has 0 spiro atoms.